The van der Waals surface area contributed by atoms with E-state index in [-0.39, 0.29) is 12.2 Å². The van der Waals surface area contributed by atoms with Gasteiger partial charge in [-0.15, -0.1) is 0 Å². The molecule has 0 aromatic carbocycles. The minimum atomic E-state index is -0.579. The van der Waals surface area contributed by atoms with E-state index in [1.165, 1.54) is 6.92 Å². The summed E-state index contributed by atoms with van der Waals surface area (Å²) in [5.74, 6) is -0.971. The van der Waals surface area contributed by atoms with Crippen molar-refractivity contribution in [2.75, 3.05) is 0 Å². The first-order valence-corrected chi connectivity index (χ1v) is 4.96. The van der Waals surface area contributed by atoms with Crippen molar-refractivity contribution in [3.8, 4) is 0 Å². The van der Waals surface area contributed by atoms with E-state index in [1.807, 2.05) is 0 Å². The van der Waals surface area contributed by atoms with E-state index in [2.05, 4.69) is 6.58 Å². The summed E-state index contributed by atoms with van der Waals surface area (Å²) in [6, 6.07) is 0. The van der Waals surface area contributed by atoms with Crippen LogP contribution < -0.4 is 0 Å². The molecular formula is C11H12O5. The van der Waals surface area contributed by atoms with Crippen LogP contribution >= 0.6 is 0 Å². The predicted octanol–water partition coefficient (Wildman–Crippen LogP) is 0.353. The highest BCUT2D eigenvalue weighted by Crippen LogP contribution is 2.33. The van der Waals surface area contributed by atoms with Crippen LogP contribution in [0.15, 0.2) is 24.8 Å². The topological polar surface area (TPSA) is 61.8 Å². The Kier molecular flexibility index (Phi) is 2.78. The Bertz CT molecular complexity index is 359. The summed E-state index contributed by atoms with van der Waals surface area (Å²) in [7, 11) is 0. The standard InChI is InChI=1S/C11H12O5/c1-3-9(13)16-11-8-5-4-7(15-8)10(11)14-6(2)12/h3-5,7-8,10-11H,1H2,2H3. The van der Waals surface area contributed by atoms with Crippen molar-refractivity contribution in [2.24, 2.45) is 0 Å². The second kappa shape index (κ2) is 4.09. The van der Waals surface area contributed by atoms with Crippen LogP contribution in [-0.4, -0.2) is 36.4 Å². The largest absolute Gasteiger partial charge is 0.455 e. The molecule has 0 aromatic rings. The molecule has 2 aliphatic heterocycles. The SMILES string of the molecule is C=CC(=O)OC1C2C=CC(O2)C1OC(C)=O. The van der Waals surface area contributed by atoms with Crippen molar-refractivity contribution in [3.63, 3.8) is 0 Å². The third-order valence-corrected chi connectivity index (χ3v) is 2.50. The van der Waals surface area contributed by atoms with E-state index in [1.54, 1.807) is 12.2 Å². The molecule has 0 N–H and O–H groups in total. The lowest BCUT2D eigenvalue weighted by molar-refractivity contribution is -0.161. The monoisotopic (exact) mass is 224 g/mol. The maximum absolute atomic E-state index is 11.1. The molecule has 0 spiro atoms. The molecule has 1 saturated heterocycles. The van der Waals surface area contributed by atoms with Crippen molar-refractivity contribution in [2.45, 2.75) is 31.3 Å². The van der Waals surface area contributed by atoms with E-state index in [0.717, 1.165) is 6.08 Å². The van der Waals surface area contributed by atoms with Gasteiger partial charge in [-0.3, -0.25) is 4.79 Å². The van der Waals surface area contributed by atoms with Crippen LogP contribution in [0.3, 0.4) is 0 Å². The maximum atomic E-state index is 11.1. The number of rotatable bonds is 3. The molecule has 4 unspecified atom stereocenters. The van der Waals surface area contributed by atoms with Gasteiger partial charge in [0.25, 0.3) is 0 Å². The van der Waals surface area contributed by atoms with Crippen molar-refractivity contribution >= 4 is 11.9 Å². The molecule has 5 nitrogen and oxygen atoms in total. The molecule has 2 heterocycles. The minimum Gasteiger partial charge on any atom is -0.455 e. The zero-order chi connectivity index (χ0) is 11.7. The van der Waals surface area contributed by atoms with Gasteiger partial charge in [0.1, 0.15) is 12.2 Å². The van der Waals surface area contributed by atoms with Crippen LogP contribution in [0.1, 0.15) is 6.92 Å². The highest BCUT2D eigenvalue weighted by atomic mass is 16.6. The number of hydrogen-bond acceptors (Lipinski definition) is 5. The fourth-order valence-electron chi connectivity index (χ4n) is 1.88. The lowest BCUT2D eigenvalue weighted by atomic mass is 10.0. The Hall–Kier alpha value is -1.62. The van der Waals surface area contributed by atoms with E-state index < -0.39 is 24.1 Å². The Morgan fingerprint density at radius 1 is 1.25 bits per heavy atom. The van der Waals surface area contributed by atoms with Gasteiger partial charge in [0.05, 0.1) is 0 Å². The van der Waals surface area contributed by atoms with E-state index in [9.17, 15) is 9.59 Å². The number of esters is 2. The Morgan fingerprint density at radius 3 is 2.31 bits per heavy atom. The number of fused-ring (bicyclic) bond motifs is 2. The summed E-state index contributed by atoms with van der Waals surface area (Å²) in [5.41, 5.74) is 0. The zero-order valence-electron chi connectivity index (χ0n) is 8.79. The molecule has 86 valence electrons. The summed E-state index contributed by atoms with van der Waals surface area (Å²) in [4.78, 5) is 22.0. The van der Waals surface area contributed by atoms with Crippen LogP contribution in [0, 0.1) is 0 Å². The molecule has 1 fully saturated rings. The summed E-state index contributed by atoms with van der Waals surface area (Å²) in [5, 5.41) is 0. The molecule has 2 aliphatic rings. The van der Waals surface area contributed by atoms with Gasteiger partial charge in [0.2, 0.25) is 0 Å². The maximum Gasteiger partial charge on any atom is 0.330 e. The molecule has 0 radical (unpaired) electrons. The van der Waals surface area contributed by atoms with Crippen molar-refractivity contribution in [3.05, 3.63) is 24.8 Å². The molecule has 0 aliphatic carbocycles. The second-order valence-corrected chi connectivity index (χ2v) is 3.63. The first kappa shape index (κ1) is 10.9. The normalized spacial score (nSPS) is 34.8. The van der Waals surface area contributed by atoms with Gasteiger partial charge in [-0.2, -0.15) is 0 Å². The number of carbonyl (C=O) groups excluding carboxylic acids is 2. The van der Waals surface area contributed by atoms with Gasteiger partial charge in [-0.1, -0.05) is 18.7 Å². The molecule has 0 amide bonds. The fourth-order valence-corrected chi connectivity index (χ4v) is 1.88. The fraction of sp³-hybridized carbons (Fsp3) is 0.455. The van der Waals surface area contributed by atoms with E-state index >= 15 is 0 Å². The number of hydrogen-bond donors (Lipinski definition) is 0. The van der Waals surface area contributed by atoms with Gasteiger partial charge in [-0.05, 0) is 0 Å². The average molecular weight is 224 g/mol. The molecule has 0 aromatic heterocycles. The molecule has 2 rings (SSSR count). The molecule has 0 saturated carbocycles. The van der Waals surface area contributed by atoms with Gasteiger partial charge in [0, 0.05) is 13.0 Å². The second-order valence-electron chi connectivity index (χ2n) is 3.63. The zero-order valence-corrected chi connectivity index (χ0v) is 8.79. The van der Waals surface area contributed by atoms with Crippen LogP contribution in [0.5, 0.6) is 0 Å². The minimum absolute atomic E-state index is 0.323. The van der Waals surface area contributed by atoms with Crippen molar-refractivity contribution in [1.29, 1.82) is 0 Å². The van der Waals surface area contributed by atoms with Crippen molar-refractivity contribution < 1.29 is 23.8 Å². The molecular weight excluding hydrogens is 212 g/mol. The van der Waals surface area contributed by atoms with Crippen LogP contribution in [0.2, 0.25) is 0 Å². The smallest absolute Gasteiger partial charge is 0.330 e. The van der Waals surface area contributed by atoms with Crippen LogP contribution in [0.25, 0.3) is 0 Å². The molecule has 2 bridgehead atoms. The molecule has 5 heteroatoms. The Morgan fingerprint density at radius 2 is 1.81 bits per heavy atom. The first-order valence-electron chi connectivity index (χ1n) is 4.96. The lowest BCUT2D eigenvalue weighted by Gasteiger charge is -2.23. The third-order valence-electron chi connectivity index (χ3n) is 2.50. The quantitative estimate of drug-likeness (QED) is 0.393. The highest BCUT2D eigenvalue weighted by molar-refractivity contribution is 5.81. The van der Waals surface area contributed by atoms with Gasteiger partial charge in [0.15, 0.2) is 12.2 Å². The number of ether oxygens (including phenoxy) is 3. The predicted molar refractivity (Wildman–Crippen MR) is 53.4 cm³/mol. The first-order chi connectivity index (χ1) is 7.61. The average Bonchev–Trinajstić information content (AvgIpc) is 2.80. The van der Waals surface area contributed by atoms with Crippen LogP contribution in [-0.2, 0) is 23.8 Å². The Labute approximate surface area is 92.7 Å². The van der Waals surface area contributed by atoms with E-state index in [0.29, 0.717) is 0 Å². The van der Waals surface area contributed by atoms with Crippen LogP contribution in [0.4, 0.5) is 0 Å². The van der Waals surface area contributed by atoms with Crippen molar-refractivity contribution in [1.82, 2.24) is 0 Å². The molecule has 16 heavy (non-hydrogen) atoms. The summed E-state index contributed by atoms with van der Waals surface area (Å²) in [6.07, 6.45) is 2.87. The van der Waals surface area contributed by atoms with Gasteiger partial charge in [-0.25, -0.2) is 4.79 Å². The third kappa shape index (κ3) is 1.86. The number of carbonyl (C=O) groups is 2. The molecule has 4 atom stereocenters. The van der Waals surface area contributed by atoms with E-state index in [4.69, 9.17) is 14.2 Å². The highest BCUT2D eigenvalue weighted by Gasteiger charge is 2.50. The van der Waals surface area contributed by atoms with Gasteiger partial charge >= 0.3 is 11.9 Å². The summed E-state index contributed by atoms with van der Waals surface area (Å²) in [6.45, 7) is 4.62. The lowest BCUT2D eigenvalue weighted by Crippen LogP contribution is -2.40. The summed E-state index contributed by atoms with van der Waals surface area (Å²) < 4.78 is 15.6. The Balaban J connectivity index is 2.09. The summed E-state index contributed by atoms with van der Waals surface area (Å²) >= 11 is 0. The van der Waals surface area contributed by atoms with Gasteiger partial charge < -0.3 is 14.2 Å².